The summed E-state index contributed by atoms with van der Waals surface area (Å²) in [6.45, 7) is 1.12. The van der Waals surface area contributed by atoms with Gasteiger partial charge in [0.15, 0.2) is 0 Å². The number of fused-ring (bicyclic) bond motifs is 1. The van der Waals surface area contributed by atoms with Gasteiger partial charge in [-0.05, 0) is 30.2 Å². The van der Waals surface area contributed by atoms with Gasteiger partial charge in [0.1, 0.15) is 5.75 Å². The van der Waals surface area contributed by atoms with Crippen LogP contribution in [0, 0.1) is 5.92 Å². The predicted octanol–water partition coefficient (Wildman–Crippen LogP) is 2.64. The summed E-state index contributed by atoms with van der Waals surface area (Å²) in [5.74, 6) is 0.432. The maximum atomic E-state index is 13.0. The number of carbonyl (C=O) groups is 2. The highest BCUT2D eigenvalue weighted by Crippen LogP contribution is 2.33. The number of para-hydroxylation sites is 1. The van der Waals surface area contributed by atoms with Gasteiger partial charge in [-0.1, -0.05) is 24.3 Å². The summed E-state index contributed by atoms with van der Waals surface area (Å²) in [4.78, 5) is 29.0. The molecule has 2 amide bonds. The summed E-state index contributed by atoms with van der Waals surface area (Å²) in [6.07, 6.45) is 1.14. The van der Waals surface area contributed by atoms with Gasteiger partial charge in [0.25, 0.3) is 0 Å². The van der Waals surface area contributed by atoms with Crippen molar-refractivity contribution < 1.29 is 14.3 Å². The maximum Gasteiger partial charge on any atom is 0.232 e. The summed E-state index contributed by atoms with van der Waals surface area (Å²) in [5, 5.41) is 0. The van der Waals surface area contributed by atoms with E-state index in [-0.39, 0.29) is 24.2 Å². The number of rotatable bonds is 3. The van der Waals surface area contributed by atoms with Crippen LogP contribution < -0.4 is 14.5 Å². The van der Waals surface area contributed by atoms with E-state index in [1.54, 1.807) is 12.0 Å². The lowest BCUT2D eigenvalue weighted by Gasteiger charge is -2.22. The molecule has 0 aliphatic carbocycles. The van der Waals surface area contributed by atoms with E-state index in [1.165, 1.54) is 5.56 Å². The van der Waals surface area contributed by atoms with Crippen molar-refractivity contribution in [3.63, 3.8) is 0 Å². The van der Waals surface area contributed by atoms with Gasteiger partial charge in [-0.15, -0.1) is 0 Å². The molecule has 0 spiro atoms. The monoisotopic (exact) mass is 336 g/mol. The van der Waals surface area contributed by atoms with E-state index in [0.29, 0.717) is 18.8 Å². The quantitative estimate of drug-likeness (QED) is 0.866. The lowest BCUT2D eigenvalue weighted by Crippen LogP contribution is -2.36. The molecule has 1 saturated heterocycles. The van der Waals surface area contributed by atoms with E-state index < -0.39 is 0 Å². The minimum absolute atomic E-state index is 0.0147. The highest BCUT2D eigenvalue weighted by molar-refractivity contribution is 6.05. The van der Waals surface area contributed by atoms with Crippen molar-refractivity contribution in [3.8, 4) is 5.75 Å². The average Bonchev–Trinajstić information content (AvgIpc) is 3.25. The second kappa shape index (κ2) is 6.24. The average molecular weight is 336 g/mol. The SMILES string of the molecule is COc1cccc(N2C[C@H](C(=O)N3CCc4ccccc43)CC2=O)c1. The fourth-order valence-corrected chi connectivity index (χ4v) is 3.69. The standard InChI is InChI=1S/C20H20N2O3/c1-25-17-7-4-6-16(12-17)22-13-15(11-19(22)23)20(24)21-10-9-14-5-2-3-8-18(14)21/h2-8,12,15H,9-11,13H2,1H3/t15-/m1/s1. The molecule has 5 nitrogen and oxygen atoms in total. The van der Waals surface area contributed by atoms with Gasteiger partial charge in [0.05, 0.1) is 13.0 Å². The molecule has 2 aromatic carbocycles. The minimum atomic E-state index is -0.301. The molecule has 0 aromatic heterocycles. The Morgan fingerprint density at radius 1 is 1.16 bits per heavy atom. The van der Waals surface area contributed by atoms with E-state index in [2.05, 4.69) is 6.07 Å². The van der Waals surface area contributed by atoms with Crippen molar-refractivity contribution in [2.45, 2.75) is 12.8 Å². The zero-order chi connectivity index (χ0) is 17.4. The van der Waals surface area contributed by atoms with Crippen LogP contribution in [0.1, 0.15) is 12.0 Å². The second-order valence-corrected chi connectivity index (χ2v) is 6.48. The van der Waals surface area contributed by atoms with Crippen LogP contribution in [0.2, 0.25) is 0 Å². The number of methoxy groups -OCH3 is 1. The van der Waals surface area contributed by atoms with Crippen LogP contribution in [0.4, 0.5) is 11.4 Å². The fourth-order valence-electron chi connectivity index (χ4n) is 3.69. The number of carbonyl (C=O) groups excluding carboxylic acids is 2. The van der Waals surface area contributed by atoms with Gasteiger partial charge in [-0.2, -0.15) is 0 Å². The Balaban J connectivity index is 1.53. The van der Waals surface area contributed by atoms with Crippen LogP contribution in [-0.2, 0) is 16.0 Å². The molecule has 2 aliphatic rings. The Bertz CT molecular complexity index is 833. The van der Waals surface area contributed by atoms with Crippen molar-refractivity contribution in [2.24, 2.45) is 5.92 Å². The molecule has 2 aliphatic heterocycles. The second-order valence-electron chi connectivity index (χ2n) is 6.48. The highest BCUT2D eigenvalue weighted by atomic mass is 16.5. The third-order valence-electron chi connectivity index (χ3n) is 4.99. The van der Waals surface area contributed by atoms with Gasteiger partial charge in [-0.3, -0.25) is 9.59 Å². The number of ether oxygens (including phenoxy) is 1. The lowest BCUT2D eigenvalue weighted by molar-refractivity contribution is -0.124. The van der Waals surface area contributed by atoms with Crippen LogP contribution in [0.15, 0.2) is 48.5 Å². The lowest BCUT2D eigenvalue weighted by atomic mass is 10.1. The first kappa shape index (κ1) is 15.7. The molecule has 0 saturated carbocycles. The van der Waals surface area contributed by atoms with Crippen LogP contribution in [-0.4, -0.2) is 32.0 Å². The summed E-state index contributed by atoms with van der Waals surface area (Å²) < 4.78 is 5.23. The fraction of sp³-hybridized carbons (Fsp3) is 0.300. The van der Waals surface area contributed by atoms with Crippen LogP contribution in [0.3, 0.4) is 0 Å². The smallest absolute Gasteiger partial charge is 0.232 e. The first-order valence-corrected chi connectivity index (χ1v) is 8.51. The summed E-state index contributed by atoms with van der Waals surface area (Å²) in [6, 6.07) is 15.4. The maximum absolute atomic E-state index is 13.0. The molecule has 1 atom stereocenters. The zero-order valence-electron chi connectivity index (χ0n) is 14.1. The zero-order valence-corrected chi connectivity index (χ0v) is 14.1. The molecule has 0 radical (unpaired) electrons. The number of amides is 2. The largest absolute Gasteiger partial charge is 0.497 e. The number of hydrogen-bond donors (Lipinski definition) is 0. The Morgan fingerprint density at radius 2 is 2.00 bits per heavy atom. The Morgan fingerprint density at radius 3 is 2.84 bits per heavy atom. The number of anilines is 2. The van der Waals surface area contributed by atoms with Crippen LogP contribution in [0.25, 0.3) is 0 Å². The number of benzene rings is 2. The van der Waals surface area contributed by atoms with E-state index in [1.807, 2.05) is 47.4 Å². The highest BCUT2D eigenvalue weighted by Gasteiger charge is 2.39. The van der Waals surface area contributed by atoms with Crippen LogP contribution in [0.5, 0.6) is 5.75 Å². The molecular formula is C20H20N2O3. The number of nitrogens with zero attached hydrogens (tertiary/aromatic N) is 2. The van der Waals surface area contributed by atoms with E-state index in [9.17, 15) is 9.59 Å². The Hall–Kier alpha value is -2.82. The summed E-state index contributed by atoms with van der Waals surface area (Å²) in [7, 11) is 1.60. The van der Waals surface area contributed by atoms with Gasteiger partial charge >= 0.3 is 0 Å². The first-order valence-electron chi connectivity index (χ1n) is 8.51. The summed E-state index contributed by atoms with van der Waals surface area (Å²) in [5.41, 5.74) is 2.96. The van der Waals surface area contributed by atoms with Crippen molar-refractivity contribution in [1.82, 2.24) is 0 Å². The van der Waals surface area contributed by atoms with Gasteiger partial charge in [0.2, 0.25) is 11.8 Å². The van der Waals surface area contributed by atoms with E-state index in [4.69, 9.17) is 4.74 Å². The van der Waals surface area contributed by atoms with Gasteiger partial charge < -0.3 is 14.5 Å². The van der Waals surface area contributed by atoms with E-state index in [0.717, 1.165) is 17.8 Å². The predicted molar refractivity (Wildman–Crippen MR) is 96.0 cm³/mol. The topological polar surface area (TPSA) is 49.9 Å². The third kappa shape index (κ3) is 2.76. The molecule has 4 rings (SSSR count). The molecule has 2 aromatic rings. The minimum Gasteiger partial charge on any atom is -0.497 e. The molecule has 0 unspecified atom stereocenters. The molecule has 2 heterocycles. The van der Waals surface area contributed by atoms with Gasteiger partial charge in [-0.25, -0.2) is 0 Å². The first-order chi connectivity index (χ1) is 12.2. The third-order valence-corrected chi connectivity index (χ3v) is 4.99. The van der Waals surface area contributed by atoms with Crippen LogP contribution >= 0.6 is 0 Å². The molecule has 1 fully saturated rings. The molecule has 0 N–H and O–H groups in total. The normalized spacial score (nSPS) is 19.2. The summed E-state index contributed by atoms with van der Waals surface area (Å²) >= 11 is 0. The van der Waals surface area contributed by atoms with Crippen molar-refractivity contribution in [1.29, 1.82) is 0 Å². The van der Waals surface area contributed by atoms with Crippen molar-refractivity contribution in [3.05, 3.63) is 54.1 Å². The Labute approximate surface area is 146 Å². The molecule has 128 valence electrons. The molecule has 25 heavy (non-hydrogen) atoms. The molecule has 0 bridgehead atoms. The Kier molecular flexibility index (Phi) is 3.92. The van der Waals surface area contributed by atoms with Gasteiger partial charge in [0, 0.05) is 37.0 Å². The molecule has 5 heteroatoms. The number of hydrogen-bond acceptors (Lipinski definition) is 3. The molecular weight excluding hydrogens is 316 g/mol. The van der Waals surface area contributed by atoms with Crippen molar-refractivity contribution >= 4 is 23.2 Å². The van der Waals surface area contributed by atoms with E-state index >= 15 is 0 Å². The van der Waals surface area contributed by atoms with Crippen molar-refractivity contribution in [2.75, 3.05) is 30.0 Å².